The summed E-state index contributed by atoms with van der Waals surface area (Å²) in [6.07, 6.45) is 0.990. The molecule has 1 aromatic carbocycles. The van der Waals surface area contributed by atoms with Gasteiger partial charge < -0.3 is 10.1 Å². The van der Waals surface area contributed by atoms with Crippen LogP contribution in [0.2, 0.25) is 0 Å². The maximum absolute atomic E-state index is 14.7. The Morgan fingerprint density at radius 3 is 2.78 bits per heavy atom. The molecule has 9 heteroatoms. The van der Waals surface area contributed by atoms with E-state index in [9.17, 15) is 13.4 Å². The lowest BCUT2D eigenvalue weighted by Gasteiger charge is -2.25. The van der Waals surface area contributed by atoms with E-state index in [1.165, 1.54) is 11.0 Å². The predicted octanol–water partition coefficient (Wildman–Crippen LogP) is 3.40. The number of hydrogen-bond acceptors (Lipinski definition) is 5. The smallest absolute Gasteiger partial charge is 0.414 e. The van der Waals surface area contributed by atoms with Gasteiger partial charge in [0, 0.05) is 21.2 Å². The van der Waals surface area contributed by atoms with Crippen molar-refractivity contribution in [3.63, 3.8) is 0 Å². The minimum Gasteiger partial charge on any atom is -0.442 e. The second-order valence-electron chi connectivity index (χ2n) is 6.97. The normalized spacial score (nSPS) is 28.1. The zero-order valence-electron chi connectivity index (χ0n) is 15.2. The van der Waals surface area contributed by atoms with Gasteiger partial charge in [0.1, 0.15) is 11.9 Å². The summed E-state index contributed by atoms with van der Waals surface area (Å²) in [5.41, 5.74) is 1.02. The monoisotopic (exact) mass is 413 g/mol. The number of anilines is 1. The maximum Gasteiger partial charge on any atom is 0.414 e. The Hall–Kier alpha value is -1.74. The molecule has 6 nitrogen and oxygen atoms in total. The van der Waals surface area contributed by atoms with Crippen LogP contribution >= 0.6 is 12.2 Å². The van der Waals surface area contributed by atoms with Gasteiger partial charge in [-0.1, -0.05) is 25.2 Å². The van der Waals surface area contributed by atoms with Crippen molar-refractivity contribution >= 4 is 38.7 Å². The quantitative estimate of drug-likeness (QED) is 0.723. The first-order chi connectivity index (χ1) is 12.8. The number of carbonyl (C=O) groups excluding carboxylic acids is 1. The third-order valence-corrected chi connectivity index (χ3v) is 7.27. The standard InChI is InChI=1S/C18H24FN3O3S2/c1-2-17(26)21-10-14-11-22(18(23)25-14)13-3-4-15(16(19)9-13)12-5-7-27(20,24)8-6-12/h3-4,9,12,14,20H,2,5-8,10-11H2,1H3,(H,21,26)/t12?,14-,27?/m0/s1. The summed E-state index contributed by atoms with van der Waals surface area (Å²) in [7, 11) is -2.49. The van der Waals surface area contributed by atoms with E-state index in [-0.39, 0.29) is 17.8 Å². The van der Waals surface area contributed by atoms with E-state index in [4.69, 9.17) is 21.7 Å². The molecule has 2 N–H and O–H groups in total. The average molecular weight is 414 g/mol. The summed E-state index contributed by atoms with van der Waals surface area (Å²) < 4.78 is 39.4. The molecule has 0 spiro atoms. The van der Waals surface area contributed by atoms with E-state index in [1.807, 2.05) is 6.92 Å². The number of ether oxygens (including phenoxy) is 1. The molecule has 1 atom stereocenters. The van der Waals surface area contributed by atoms with E-state index in [2.05, 4.69) is 5.32 Å². The summed E-state index contributed by atoms with van der Waals surface area (Å²) in [5, 5.41) is 3.05. The zero-order valence-corrected chi connectivity index (χ0v) is 16.8. The lowest BCUT2D eigenvalue weighted by atomic mass is 9.93. The van der Waals surface area contributed by atoms with Gasteiger partial charge in [-0.2, -0.15) is 0 Å². The lowest BCUT2D eigenvalue weighted by Crippen LogP contribution is -2.33. The number of thiocarbonyl (C=S) groups is 1. The van der Waals surface area contributed by atoms with Crippen LogP contribution in [-0.2, 0) is 14.5 Å². The van der Waals surface area contributed by atoms with Crippen molar-refractivity contribution in [1.29, 1.82) is 4.78 Å². The van der Waals surface area contributed by atoms with Gasteiger partial charge in [-0.15, -0.1) is 0 Å². The SMILES string of the molecule is CCC(=S)NC[C@H]1CN(c2ccc(C3CCS(=N)(=O)CC3)c(F)c2)C(=O)O1. The van der Waals surface area contributed by atoms with Crippen LogP contribution in [0.4, 0.5) is 14.9 Å². The maximum atomic E-state index is 14.7. The molecule has 1 aromatic rings. The number of hydrogen-bond donors (Lipinski definition) is 2. The van der Waals surface area contributed by atoms with E-state index in [0.29, 0.717) is 53.7 Å². The molecular formula is C18H24FN3O3S2. The number of halogens is 1. The molecule has 0 bridgehead atoms. The molecular weight excluding hydrogens is 389 g/mol. The third kappa shape index (κ3) is 4.76. The van der Waals surface area contributed by atoms with Crippen LogP contribution in [0.15, 0.2) is 18.2 Å². The first kappa shape index (κ1) is 20.0. The molecule has 3 rings (SSSR count). The molecule has 2 aliphatic heterocycles. The van der Waals surface area contributed by atoms with Crippen LogP contribution in [0.3, 0.4) is 0 Å². The zero-order chi connectivity index (χ0) is 19.6. The molecule has 148 valence electrons. The number of benzene rings is 1. The first-order valence-corrected chi connectivity index (χ1v) is 11.4. The van der Waals surface area contributed by atoms with Crippen molar-refractivity contribution in [2.45, 2.75) is 38.2 Å². The number of nitrogens with zero attached hydrogens (tertiary/aromatic N) is 1. The summed E-state index contributed by atoms with van der Waals surface area (Å²) in [6, 6.07) is 4.77. The highest BCUT2D eigenvalue weighted by atomic mass is 32.2. The molecule has 0 radical (unpaired) electrons. The molecule has 0 unspecified atom stereocenters. The van der Waals surface area contributed by atoms with Crippen LogP contribution in [0.5, 0.6) is 0 Å². The molecule has 2 heterocycles. The minimum atomic E-state index is -2.49. The van der Waals surface area contributed by atoms with Crippen LogP contribution in [-0.4, -0.2) is 46.0 Å². The Morgan fingerprint density at radius 2 is 2.15 bits per heavy atom. The molecule has 1 amide bonds. The average Bonchev–Trinajstić information content (AvgIpc) is 3.01. The number of amides is 1. The Kier molecular flexibility index (Phi) is 6.00. The van der Waals surface area contributed by atoms with E-state index >= 15 is 0 Å². The second-order valence-corrected chi connectivity index (χ2v) is 9.91. The second kappa shape index (κ2) is 8.10. The Morgan fingerprint density at radius 1 is 1.44 bits per heavy atom. The van der Waals surface area contributed by atoms with Gasteiger partial charge in [0.2, 0.25) is 0 Å². The highest BCUT2D eigenvalue weighted by molar-refractivity contribution is 7.92. The molecule has 27 heavy (non-hydrogen) atoms. The van der Waals surface area contributed by atoms with Crippen molar-refractivity contribution in [2.75, 3.05) is 29.5 Å². The Labute approximate surface area is 164 Å². The molecule has 0 aromatic heterocycles. The van der Waals surface area contributed by atoms with E-state index in [1.54, 1.807) is 12.1 Å². The molecule has 0 saturated carbocycles. The van der Waals surface area contributed by atoms with Crippen LogP contribution in [0.1, 0.15) is 37.7 Å². The third-order valence-electron chi connectivity index (χ3n) is 5.05. The molecule has 2 fully saturated rings. The summed E-state index contributed by atoms with van der Waals surface area (Å²) >= 11 is 5.11. The van der Waals surface area contributed by atoms with E-state index in [0.717, 1.165) is 6.42 Å². The largest absolute Gasteiger partial charge is 0.442 e. The number of nitrogens with one attached hydrogen (secondary N) is 2. The number of carbonyl (C=O) groups is 1. The van der Waals surface area contributed by atoms with Crippen molar-refractivity contribution in [2.24, 2.45) is 0 Å². The van der Waals surface area contributed by atoms with Gasteiger partial charge in [0.05, 0.1) is 23.8 Å². The van der Waals surface area contributed by atoms with Crippen LogP contribution in [0.25, 0.3) is 0 Å². The van der Waals surface area contributed by atoms with E-state index < -0.39 is 15.8 Å². The van der Waals surface area contributed by atoms with Crippen molar-refractivity contribution in [3.8, 4) is 0 Å². The van der Waals surface area contributed by atoms with Crippen molar-refractivity contribution in [3.05, 3.63) is 29.6 Å². The first-order valence-electron chi connectivity index (χ1n) is 9.07. The number of rotatable bonds is 5. The van der Waals surface area contributed by atoms with Crippen LogP contribution < -0.4 is 10.2 Å². The lowest BCUT2D eigenvalue weighted by molar-refractivity contribution is 0.143. The summed E-state index contributed by atoms with van der Waals surface area (Å²) in [5.74, 6) is 0.214. The fraction of sp³-hybridized carbons (Fsp3) is 0.556. The van der Waals surface area contributed by atoms with Gasteiger partial charge in [-0.05, 0) is 42.9 Å². The highest BCUT2D eigenvalue weighted by Gasteiger charge is 2.33. The highest BCUT2D eigenvalue weighted by Crippen LogP contribution is 2.33. The minimum absolute atomic E-state index is 0.0310. The summed E-state index contributed by atoms with van der Waals surface area (Å²) in [4.78, 5) is 14.3. The van der Waals surface area contributed by atoms with Gasteiger partial charge in [0.25, 0.3) is 0 Å². The molecule has 2 aliphatic rings. The van der Waals surface area contributed by atoms with Gasteiger partial charge in [-0.25, -0.2) is 13.4 Å². The predicted molar refractivity (Wildman–Crippen MR) is 107 cm³/mol. The summed E-state index contributed by atoms with van der Waals surface area (Å²) in [6.45, 7) is 2.71. The fourth-order valence-electron chi connectivity index (χ4n) is 3.43. The Balaban J connectivity index is 1.67. The topological polar surface area (TPSA) is 82.5 Å². The van der Waals surface area contributed by atoms with Crippen molar-refractivity contribution < 1.29 is 18.1 Å². The molecule has 0 aliphatic carbocycles. The number of cyclic esters (lactones) is 1. The van der Waals surface area contributed by atoms with Gasteiger partial charge in [0.15, 0.2) is 0 Å². The fourth-order valence-corrected chi connectivity index (χ4v) is 5.05. The van der Waals surface area contributed by atoms with Gasteiger partial charge in [-0.3, -0.25) is 9.68 Å². The Bertz CT molecular complexity index is 830. The van der Waals surface area contributed by atoms with Crippen molar-refractivity contribution in [1.82, 2.24) is 5.32 Å². The van der Waals surface area contributed by atoms with Crippen LogP contribution in [0, 0.1) is 10.6 Å². The van der Waals surface area contributed by atoms with Gasteiger partial charge >= 0.3 is 6.09 Å². The molecule has 2 saturated heterocycles.